The van der Waals surface area contributed by atoms with Gasteiger partial charge in [-0.3, -0.25) is 4.98 Å². The molecule has 0 fully saturated rings. The summed E-state index contributed by atoms with van der Waals surface area (Å²) in [5, 5.41) is 11.0. The van der Waals surface area contributed by atoms with Crippen LogP contribution in [0.25, 0.3) is 0 Å². The molecule has 2 aromatic rings. The van der Waals surface area contributed by atoms with Crippen molar-refractivity contribution in [2.24, 2.45) is 0 Å². The molecule has 0 spiro atoms. The van der Waals surface area contributed by atoms with E-state index in [1.54, 1.807) is 20.1 Å². The van der Waals surface area contributed by atoms with E-state index in [2.05, 4.69) is 4.98 Å². The van der Waals surface area contributed by atoms with Crippen LogP contribution in [-0.2, 0) is 11.8 Å². The zero-order valence-electron chi connectivity index (χ0n) is 16.0. The number of ether oxygens (including phenoxy) is 1. The molecule has 0 aliphatic carbocycles. The van der Waals surface area contributed by atoms with Gasteiger partial charge in [0.1, 0.15) is 11.6 Å². The third-order valence-electron chi connectivity index (χ3n) is 4.43. The molecule has 0 radical (unpaired) electrons. The van der Waals surface area contributed by atoms with Gasteiger partial charge in [-0.05, 0) is 68.5 Å². The van der Waals surface area contributed by atoms with Crippen molar-refractivity contribution in [2.75, 3.05) is 7.11 Å². The van der Waals surface area contributed by atoms with Crippen molar-refractivity contribution >= 4 is 0 Å². The molecule has 2 rings (SSSR count). The molecular weight excluding hydrogens is 317 g/mol. The lowest BCUT2D eigenvalue weighted by molar-refractivity contribution is 0.0303. The van der Waals surface area contributed by atoms with E-state index in [1.807, 2.05) is 39.8 Å². The van der Waals surface area contributed by atoms with E-state index >= 15 is 0 Å². The van der Waals surface area contributed by atoms with Crippen molar-refractivity contribution in [3.05, 3.63) is 58.7 Å². The van der Waals surface area contributed by atoms with Gasteiger partial charge in [0, 0.05) is 23.4 Å². The average molecular weight is 345 g/mol. The van der Waals surface area contributed by atoms with Gasteiger partial charge in [0.15, 0.2) is 0 Å². The van der Waals surface area contributed by atoms with Gasteiger partial charge in [-0.2, -0.15) is 0 Å². The quantitative estimate of drug-likeness (QED) is 0.838. The third-order valence-corrected chi connectivity index (χ3v) is 4.43. The van der Waals surface area contributed by atoms with Gasteiger partial charge in [0.2, 0.25) is 0 Å². The fourth-order valence-electron chi connectivity index (χ4n) is 3.72. The van der Waals surface area contributed by atoms with Gasteiger partial charge in [-0.1, -0.05) is 13.8 Å². The van der Waals surface area contributed by atoms with Crippen LogP contribution in [0.4, 0.5) is 4.39 Å². The highest BCUT2D eigenvalue weighted by molar-refractivity contribution is 5.39. The summed E-state index contributed by atoms with van der Waals surface area (Å²) in [5.74, 6) is 0.325. The predicted molar refractivity (Wildman–Crippen MR) is 98.6 cm³/mol. The summed E-state index contributed by atoms with van der Waals surface area (Å²) in [6, 6.07) is 8.52. The fourth-order valence-corrected chi connectivity index (χ4v) is 3.72. The number of aliphatic hydroxyl groups is 1. The Morgan fingerprint density at radius 2 is 1.80 bits per heavy atom. The van der Waals surface area contributed by atoms with E-state index in [9.17, 15) is 9.50 Å². The number of hydrogen-bond acceptors (Lipinski definition) is 3. The number of hydrogen-bond donors (Lipinski definition) is 1. The Balaban J connectivity index is 2.27. The van der Waals surface area contributed by atoms with Gasteiger partial charge < -0.3 is 9.84 Å². The first-order valence-electron chi connectivity index (χ1n) is 8.53. The molecule has 0 bridgehead atoms. The van der Waals surface area contributed by atoms with Crippen molar-refractivity contribution in [3.63, 3.8) is 0 Å². The van der Waals surface area contributed by atoms with Crippen LogP contribution in [0.15, 0.2) is 30.3 Å². The summed E-state index contributed by atoms with van der Waals surface area (Å²) >= 11 is 0. The number of methoxy groups -OCH3 is 1. The molecule has 25 heavy (non-hydrogen) atoms. The highest BCUT2D eigenvalue weighted by atomic mass is 19.1. The van der Waals surface area contributed by atoms with Crippen molar-refractivity contribution in [2.45, 2.75) is 58.5 Å². The van der Waals surface area contributed by atoms with Crippen molar-refractivity contribution in [3.8, 4) is 5.75 Å². The van der Waals surface area contributed by atoms with Crippen molar-refractivity contribution in [1.82, 2.24) is 4.98 Å². The highest BCUT2D eigenvalue weighted by Crippen LogP contribution is 2.38. The number of benzene rings is 1. The lowest BCUT2D eigenvalue weighted by atomic mass is 9.74. The smallest absolute Gasteiger partial charge is 0.123 e. The lowest BCUT2D eigenvalue weighted by Gasteiger charge is -2.35. The Hall–Kier alpha value is -1.94. The van der Waals surface area contributed by atoms with E-state index in [0.29, 0.717) is 18.6 Å². The monoisotopic (exact) mass is 345 g/mol. The van der Waals surface area contributed by atoms with Crippen LogP contribution < -0.4 is 4.74 Å². The summed E-state index contributed by atoms with van der Waals surface area (Å²) in [6.45, 7) is 9.77. The zero-order chi connectivity index (χ0) is 18.8. The molecule has 1 atom stereocenters. The first-order chi connectivity index (χ1) is 11.5. The molecule has 0 aliphatic heterocycles. The topological polar surface area (TPSA) is 42.4 Å². The molecule has 0 aliphatic rings. The molecule has 1 aromatic heterocycles. The lowest BCUT2D eigenvalue weighted by Crippen LogP contribution is -2.36. The van der Waals surface area contributed by atoms with Gasteiger partial charge in [-0.15, -0.1) is 0 Å². The van der Waals surface area contributed by atoms with Gasteiger partial charge in [0.25, 0.3) is 0 Å². The molecule has 1 N–H and O–H groups in total. The van der Waals surface area contributed by atoms with Crippen LogP contribution >= 0.6 is 0 Å². The van der Waals surface area contributed by atoms with E-state index < -0.39 is 11.0 Å². The summed E-state index contributed by atoms with van der Waals surface area (Å²) in [6.07, 6.45) is 0.894. The normalized spacial score (nSPS) is 14.2. The summed E-state index contributed by atoms with van der Waals surface area (Å²) in [7, 11) is 1.57. The average Bonchev–Trinajstić information content (AvgIpc) is 2.44. The number of nitrogens with zero attached hydrogens (tertiary/aromatic N) is 1. The van der Waals surface area contributed by atoms with Crippen molar-refractivity contribution < 1.29 is 14.2 Å². The van der Waals surface area contributed by atoms with Crippen LogP contribution in [0.5, 0.6) is 5.75 Å². The largest absolute Gasteiger partial charge is 0.496 e. The highest BCUT2D eigenvalue weighted by Gasteiger charge is 2.34. The van der Waals surface area contributed by atoms with Crippen LogP contribution in [-0.4, -0.2) is 22.8 Å². The number of pyridine rings is 1. The standard InChI is InChI=1S/C21H28FNO2/c1-14-9-15(2)23-17(10-14)12-21(5,24)13-20(3,4)18-11-16(22)7-8-19(18)25-6/h7-11,24H,12-13H2,1-6H3. The maximum Gasteiger partial charge on any atom is 0.123 e. The Bertz CT molecular complexity index is 733. The maximum absolute atomic E-state index is 13.8. The van der Waals surface area contributed by atoms with Gasteiger partial charge in [0.05, 0.1) is 12.7 Å². The molecule has 136 valence electrons. The molecule has 1 aromatic carbocycles. The molecule has 0 saturated heterocycles. The maximum atomic E-state index is 13.8. The van der Waals surface area contributed by atoms with Gasteiger partial charge in [-0.25, -0.2) is 4.39 Å². The number of rotatable bonds is 6. The molecule has 4 heteroatoms. The SMILES string of the molecule is COc1ccc(F)cc1C(C)(C)CC(C)(O)Cc1cc(C)cc(C)n1. The minimum absolute atomic E-state index is 0.306. The van der Waals surface area contributed by atoms with Crippen LogP contribution in [0.1, 0.15) is 49.7 Å². The van der Waals surface area contributed by atoms with E-state index in [4.69, 9.17) is 4.74 Å². The van der Waals surface area contributed by atoms with Crippen LogP contribution in [0.3, 0.4) is 0 Å². The second-order valence-corrected chi connectivity index (χ2v) is 7.86. The van der Waals surface area contributed by atoms with Crippen LogP contribution in [0, 0.1) is 19.7 Å². The van der Waals surface area contributed by atoms with E-state index in [-0.39, 0.29) is 5.82 Å². The minimum atomic E-state index is -0.978. The minimum Gasteiger partial charge on any atom is -0.496 e. The first kappa shape index (κ1) is 19.4. The fraction of sp³-hybridized carbons (Fsp3) is 0.476. The first-order valence-corrected chi connectivity index (χ1v) is 8.53. The predicted octanol–water partition coefficient (Wildman–Crippen LogP) is 4.51. The Morgan fingerprint density at radius 1 is 1.12 bits per heavy atom. The second-order valence-electron chi connectivity index (χ2n) is 7.86. The summed E-state index contributed by atoms with van der Waals surface area (Å²) in [4.78, 5) is 4.53. The molecule has 3 nitrogen and oxygen atoms in total. The molecule has 1 unspecified atom stereocenters. The molecule has 0 saturated carbocycles. The third kappa shape index (κ3) is 5.02. The zero-order valence-corrected chi connectivity index (χ0v) is 16.0. The molecule has 1 heterocycles. The van der Waals surface area contributed by atoms with E-state index in [1.165, 1.54) is 12.1 Å². The number of aryl methyl sites for hydroxylation is 2. The Kier molecular flexibility index (Phi) is 5.52. The Labute approximate surface area is 149 Å². The Morgan fingerprint density at radius 3 is 2.40 bits per heavy atom. The van der Waals surface area contributed by atoms with Crippen LogP contribution in [0.2, 0.25) is 0 Å². The summed E-state index contributed by atoms with van der Waals surface area (Å²) < 4.78 is 19.1. The number of halogens is 1. The van der Waals surface area contributed by atoms with Gasteiger partial charge >= 0.3 is 0 Å². The molecular formula is C21H28FNO2. The summed E-state index contributed by atoms with van der Waals surface area (Å²) in [5.41, 5.74) is 2.25. The second kappa shape index (κ2) is 7.12. The molecule has 0 amide bonds. The number of aromatic nitrogens is 1. The van der Waals surface area contributed by atoms with Crippen molar-refractivity contribution in [1.29, 1.82) is 0 Å². The van der Waals surface area contributed by atoms with E-state index in [0.717, 1.165) is 22.5 Å².